The van der Waals surface area contributed by atoms with Gasteiger partial charge in [-0.3, -0.25) is 4.79 Å². The topological polar surface area (TPSA) is 86.0 Å². The minimum atomic E-state index is -2.85. The number of carbonyl (C=O) groups is 1. The molecule has 3 rings (SSSR count). The van der Waals surface area contributed by atoms with E-state index in [0.717, 1.165) is 11.1 Å². The van der Waals surface area contributed by atoms with Crippen LogP contribution in [0.15, 0.2) is 28.7 Å². The van der Waals surface area contributed by atoms with Crippen LogP contribution in [0.5, 0.6) is 11.5 Å². The fourth-order valence-corrected chi connectivity index (χ4v) is 3.52. The van der Waals surface area contributed by atoms with E-state index < -0.39 is 8.25 Å². The largest absolute Gasteiger partial charge is 0.747 e. The third-order valence-electron chi connectivity index (χ3n) is 4.68. The summed E-state index contributed by atoms with van der Waals surface area (Å²) in [6, 6.07) is 7.00. The Morgan fingerprint density at radius 2 is 1.81 bits per heavy atom. The van der Waals surface area contributed by atoms with Gasteiger partial charge in [0.1, 0.15) is 11.5 Å². The van der Waals surface area contributed by atoms with Crippen molar-refractivity contribution in [2.24, 2.45) is 0 Å². The summed E-state index contributed by atoms with van der Waals surface area (Å²) < 4.78 is 27.3. The van der Waals surface area contributed by atoms with Gasteiger partial charge in [0.2, 0.25) is 5.75 Å². The zero-order chi connectivity index (χ0) is 19.9. The predicted octanol–water partition coefficient (Wildman–Crippen LogP) is 4.93. The second-order valence-electron chi connectivity index (χ2n) is 6.40. The maximum absolute atomic E-state index is 13.2. The van der Waals surface area contributed by atoms with Crippen LogP contribution in [0.1, 0.15) is 38.4 Å². The number of furan rings is 1. The molecule has 1 aromatic heterocycles. The third-order valence-corrected chi connectivity index (χ3v) is 5.02. The van der Waals surface area contributed by atoms with Gasteiger partial charge in [-0.1, -0.05) is 6.07 Å². The number of fused-ring (bicyclic) bond motifs is 1. The second-order valence-corrected chi connectivity index (χ2v) is 7.06. The molecule has 1 N–H and O–H groups in total. The van der Waals surface area contributed by atoms with Crippen molar-refractivity contribution in [1.29, 1.82) is 0 Å². The van der Waals surface area contributed by atoms with E-state index in [1.165, 1.54) is 0 Å². The quantitative estimate of drug-likeness (QED) is 0.493. The molecule has 1 unspecified atom stereocenters. The Balaban J connectivity index is 2.20. The number of aryl methyl sites for hydroxylation is 3. The lowest BCUT2D eigenvalue weighted by Gasteiger charge is -2.10. The fourth-order valence-electron chi connectivity index (χ4n) is 3.14. The highest BCUT2D eigenvalue weighted by atomic mass is 31.1. The Labute approximate surface area is 157 Å². The summed E-state index contributed by atoms with van der Waals surface area (Å²) in [6.45, 7) is 7.27. The number of hydrogen-bond acceptors (Lipinski definition) is 5. The second kappa shape index (κ2) is 7.14. The summed E-state index contributed by atoms with van der Waals surface area (Å²) in [5, 5.41) is 0.534. The molecule has 0 spiro atoms. The first-order valence-electron chi connectivity index (χ1n) is 8.31. The van der Waals surface area contributed by atoms with Crippen LogP contribution in [0.2, 0.25) is 0 Å². The maximum atomic E-state index is 13.2. The molecule has 6 nitrogen and oxygen atoms in total. The summed E-state index contributed by atoms with van der Waals surface area (Å²) in [5.74, 6) is 1.00. The number of ether oxygens (including phenoxy) is 1. The number of methoxy groups -OCH3 is 1. The monoisotopic (exact) mass is 387 g/mol. The SMILES string of the molecule is COc1cc(C(=O)c2c(C)oc3c(O[P+](=O)O)c(C)ccc23)cc(C)c1C. The van der Waals surface area contributed by atoms with E-state index in [1.54, 1.807) is 39.2 Å². The first-order chi connectivity index (χ1) is 12.7. The molecular weight excluding hydrogens is 367 g/mol. The number of carbonyl (C=O) groups excluding carboxylic acids is 1. The van der Waals surface area contributed by atoms with Crippen molar-refractivity contribution in [3.05, 3.63) is 57.8 Å². The molecule has 0 saturated heterocycles. The molecule has 0 radical (unpaired) electrons. The minimum Gasteiger partial charge on any atom is -0.496 e. The minimum absolute atomic E-state index is 0.163. The molecule has 3 aromatic rings. The zero-order valence-corrected chi connectivity index (χ0v) is 16.6. The van der Waals surface area contributed by atoms with Crippen LogP contribution in [0.3, 0.4) is 0 Å². The maximum Gasteiger partial charge on any atom is 0.747 e. The van der Waals surface area contributed by atoms with Gasteiger partial charge >= 0.3 is 8.25 Å². The van der Waals surface area contributed by atoms with Crippen LogP contribution in [0, 0.1) is 27.7 Å². The van der Waals surface area contributed by atoms with Crippen molar-refractivity contribution >= 4 is 25.0 Å². The highest BCUT2D eigenvalue weighted by Crippen LogP contribution is 2.39. The van der Waals surface area contributed by atoms with E-state index >= 15 is 0 Å². The molecule has 2 aromatic carbocycles. The first-order valence-corrected chi connectivity index (χ1v) is 9.44. The summed E-state index contributed by atoms with van der Waals surface area (Å²) in [6.07, 6.45) is 0. The Morgan fingerprint density at radius 3 is 2.44 bits per heavy atom. The number of benzene rings is 2. The van der Waals surface area contributed by atoms with E-state index in [-0.39, 0.29) is 17.1 Å². The highest BCUT2D eigenvalue weighted by molar-refractivity contribution is 7.32. The van der Waals surface area contributed by atoms with Crippen LogP contribution in [-0.2, 0) is 4.57 Å². The standard InChI is InChI=1S/C20H19O6P/c1-10-6-7-15-17(13(4)25-20(15)19(10)26-27(22)23)18(21)14-8-11(2)12(3)16(9-14)24-5/h6-9H,1-5H3/p+1. The molecule has 0 saturated carbocycles. The van der Waals surface area contributed by atoms with E-state index in [0.29, 0.717) is 33.6 Å². The van der Waals surface area contributed by atoms with E-state index in [2.05, 4.69) is 0 Å². The summed E-state index contributed by atoms with van der Waals surface area (Å²) in [4.78, 5) is 22.4. The molecule has 27 heavy (non-hydrogen) atoms. The van der Waals surface area contributed by atoms with Gasteiger partial charge in [0.05, 0.1) is 12.7 Å². The lowest BCUT2D eigenvalue weighted by atomic mass is 9.96. The molecule has 140 valence electrons. The molecule has 0 aliphatic carbocycles. The van der Waals surface area contributed by atoms with E-state index in [9.17, 15) is 9.36 Å². The van der Waals surface area contributed by atoms with Crippen molar-refractivity contribution in [1.82, 2.24) is 0 Å². The Hall–Kier alpha value is -2.69. The molecule has 0 fully saturated rings. The summed E-state index contributed by atoms with van der Waals surface area (Å²) >= 11 is 0. The van der Waals surface area contributed by atoms with Crippen molar-refractivity contribution in [3.63, 3.8) is 0 Å². The van der Waals surface area contributed by atoms with Gasteiger partial charge in [0.25, 0.3) is 0 Å². The van der Waals surface area contributed by atoms with Gasteiger partial charge in [-0.25, -0.2) is 4.52 Å². The van der Waals surface area contributed by atoms with Crippen molar-refractivity contribution in [2.45, 2.75) is 27.7 Å². The van der Waals surface area contributed by atoms with Gasteiger partial charge in [-0.05, 0) is 57.0 Å². The predicted molar refractivity (Wildman–Crippen MR) is 102 cm³/mol. The van der Waals surface area contributed by atoms with E-state index in [4.69, 9.17) is 18.6 Å². The molecule has 1 atom stereocenters. The molecule has 0 aliphatic heterocycles. The summed E-state index contributed by atoms with van der Waals surface area (Å²) in [7, 11) is -1.29. The average Bonchev–Trinajstić information content (AvgIpc) is 2.95. The Morgan fingerprint density at radius 1 is 1.11 bits per heavy atom. The Kier molecular flexibility index (Phi) is 5.05. The average molecular weight is 387 g/mol. The van der Waals surface area contributed by atoms with Gasteiger partial charge in [0, 0.05) is 21.1 Å². The summed E-state index contributed by atoms with van der Waals surface area (Å²) in [5.41, 5.74) is 3.72. The lowest BCUT2D eigenvalue weighted by Crippen LogP contribution is -2.04. The number of hydrogen-bond donors (Lipinski definition) is 1. The molecular formula is C20H20O6P+. The number of rotatable bonds is 5. The normalized spacial score (nSPS) is 11.6. The molecule has 0 bridgehead atoms. The molecule has 7 heteroatoms. The molecule has 0 aliphatic rings. The first kappa shape index (κ1) is 19.1. The van der Waals surface area contributed by atoms with Crippen molar-refractivity contribution < 1.29 is 27.9 Å². The smallest absolute Gasteiger partial charge is 0.496 e. The lowest BCUT2D eigenvalue weighted by molar-refractivity contribution is 0.103. The Bertz CT molecular complexity index is 1080. The molecule has 0 amide bonds. The van der Waals surface area contributed by atoms with Gasteiger partial charge < -0.3 is 9.15 Å². The van der Waals surface area contributed by atoms with Crippen LogP contribution in [0.4, 0.5) is 0 Å². The van der Waals surface area contributed by atoms with E-state index in [1.807, 2.05) is 19.9 Å². The van der Waals surface area contributed by atoms with Gasteiger partial charge in [0.15, 0.2) is 11.4 Å². The van der Waals surface area contributed by atoms with Gasteiger partial charge in [-0.15, -0.1) is 4.89 Å². The van der Waals surface area contributed by atoms with Gasteiger partial charge in [-0.2, -0.15) is 0 Å². The fraction of sp³-hybridized carbons (Fsp3) is 0.250. The van der Waals surface area contributed by atoms with Crippen LogP contribution < -0.4 is 9.26 Å². The van der Waals surface area contributed by atoms with Crippen molar-refractivity contribution in [3.8, 4) is 11.5 Å². The third kappa shape index (κ3) is 3.34. The van der Waals surface area contributed by atoms with Crippen LogP contribution in [-0.4, -0.2) is 17.8 Å². The zero-order valence-electron chi connectivity index (χ0n) is 15.7. The highest BCUT2D eigenvalue weighted by Gasteiger charge is 2.27. The van der Waals surface area contributed by atoms with Crippen LogP contribution >= 0.6 is 8.25 Å². The van der Waals surface area contributed by atoms with Crippen molar-refractivity contribution in [2.75, 3.05) is 7.11 Å². The number of ketones is 1. The van der Waals surface area contributed by atoms with Crippen LogP contribution in [0.25, 0.3) is 11.0 Å². The molecule has 1 heterocycles.